The van der Waals surface area contributed by atoms with Crippen molar-refractivity contribution >= 4 is 52.7 Å². The predicted molar refractivity (Wildman–Crippen MR) is 106 cm³/mol. The highest BCUT2D eigenvalue weighted by molar-refractivity contribution is 6.48. The van der Waals surface area contributed by atoms with Gasteiger partial charge in [0.25, 0.3) is 0 Å². The number of hydrogen-bond acceptors (Lipinski definition) is 2. The van der Waals surface area contributed by atoms with E-state index in [9.17, 15) is 40.3 Å². The molecule has 0 bridgehead atoms. The van der Waals surface area contributed by atoms with Crippen LogP contribution in [-0.4, -0.2) is 18.2 Å². The molecule has 0 saturated heterocycles. The highest BCUT2D eigenvalue weighted by atomic mass is 35.5. The number of alkyl halides is 6. The minimum absolute atomic E-state index is 0.0539. The summed E-state index contributed by atoms with van der Waals surface area (Å²) >= 11 is 17.2. The van der Waals surface area contributed by atoms with Crippen LogP contribution in [-0.2, 0) is 11.0 Å². The Bertz CT molecular complexity index is 1050. The molecule has 32 heavy (non-hydrogen) atoms. The maximum absolute atomic E-state index is 14.7. The second-order valence-corrected chi connectivity index (χ2v) is 7.58. The number of carbonyl (C=O) groups excluding carboxylic acids is 2. The first kappa shape index (κ1) is 26.2. The van der Waals surface area contributed by atoms with Crippen LogP contribution >= 0.6 is 34.8 Å². The van der Waals surface area contributed by atoms with Crippen LogP contribution in [0.25, 0.3) is 5.83 Å². The van der Waals surface area contributed by atoms with Crippen LogP contribution in [0, 0.1) is 0 Å². The smallest absolute Gasteiger partial charge is 0.303 e. The van der Waals surface area contributed by atoms with Crippen molar-refractivity contribution in [2.24, 2.45) is 0 Å². The molecule has 1 unspecified atom stereocenters. The van der Waals surface area contributed by atoms with E-state index in [2.05, 4.69) is 0 Å². The van der Waals surface area contributed by atoms with E-state index in [4.69, 9.17) is 34.8 Å². The quantitative estimate of drug-likeness (QED) is 0.127. The lowest BCUT2D eigenvalue weighted by Crippen LogP contribution is -2.19. The van der Waals surface area contributed by atoms with Crippen molar-refractivity contribution in [1.82, 2.24) is 0 Å². The molecule has 12 heteroatoms. The SMILES string of the molecule is O=CCC(=O)c1ccc(/C(F)=C/C(c2cc(Cl)c(Cl)c(Cl)c2)C(F)(F)F)cc1C(F)(F)F. The normalized spacial score (nSPS) is 13.8. The molecule has 2 aromatic carbocycles. The van der Waals surface area contributed by atoms with Gasteiger partial charge in [0.05, 0.1) is 27.1 Å². The Morgan fingerprint density at radius 2 is 1.53 bits per heavy atom. The second kappa shape index (κ2) is 9.80. The third-order valence-corrected chi connectivity index (χ3v) is 5.40. The molecule has 2 rings (SSSR count). The molecule has 2 nitrogen and oxygen atoms in total. The van der Waals surface area contributed by atoms with E-state index >= 15 is 0 Å². The summed E-state index contributed by atoms with van der Waals surface area (Å²) in [5.41, 5.74) is -3.96. The Balaban J connectivity index is 2.62. The van der Waals surface area contributed by atoms with E-state index in [0.29, 0.717) is 12.1 Å². The monoisotopic (exact) mass is 520 g/mol. The summed E-state index contributed by atoms with van der Waals surface area (Å²) in [6.45, 7) is 0. The minimum Gasteiger partial charge on any atom is -0.303 e. The number of halogens is 10. The molecule has 0 heterocycles. The molecule has 0 aliphatic carbocycles. The Labute approximate surface area is 191 Å². The highest BCUT2D eigenvalue weighted by Crippen LogP contribution is 2.42. The summed E-state index contributed by atoms with van der Waals surface area (Å²) in [6.07, 6.45) is -10.9. The zero-order valence-corrected chi connectivity index (χ0v) is 17.7. The molecule has 0 aliphatic rings. The van der Waals surface area contributed by atoms with Crippen molar-refractivity contribution in [2.75, 3.05) is 0 Å². The summed E-state index contributed by atoms with van der Waals surface area (Å²) in [5.74, 6) is -5.45. The number of aldehydes is 1. The molecular weight excluding hydrogens is 512 g/mol. The van der Waals surface area contributed by atoms with Crippen LogP contribution in [0.3, 0.4) is 0 Å². The molecule has 0 aromatic heterocycles. The van der Waals surface area contributed by atoms with E-state index in [1.165, 1.54) is 0 Å². The topological polar surface area (TPSA) is 34.1 Å². The number of hydrogen-bond donors (Lipinski definition) is 0. The fraction of sp³-hybridized carbons (Fsp3) is 0.200. The zero-order valence-electron chi connectivity index (χ0n) is 15.4. The van der Waals surface area contributed by atoms with Gasteiger partial charge in [-0.15, -0.1) is 0 Å². The van der Waals surface area contributed by atoms with E-state index in [0.717, 1.165) is 12.1 Å². The van der Waals surface area contributed by atoms with Crippen LogP contribution in [0.5, 0.6) is 0 Å². The maximum atomic E-state index is 14.7. The van der Waals surface area contributed by atoms with E-state index in [1.54, 1.807) is 0 Å². The fourth-order valence-corrected chi connectivity index (χ4v) is 3.35. The van der Waals surface area contributed by atoms with Crippen molar-refractivity contribution in [3.63, 3.8) is 0 Å². The second-order valence-electron chi connectivity index (χ2n) is 6.38. The first-order valence-electron chi connectivity index (χ1n) is 8.43. The van der Waals surface area contributed by atoms with Crippen molar-refractivity contribution in [1.29, 1.82) is 0 Å². The largest absolute Gasteiger partial charge is 0.417 e. The molecule has 172 valence electrons. The van der Waals surface area contributed by atoms with Crippen LogP contribution in [0.2, 0.25) is 15.1 Å². The lowest BCUT2D eigenvalue weighted by molar-refractivity contribution is -0.140. The van der Waals surface area contributed by atoms with Crippen molar-refractivity contribution < 1.29 is 40.3 Å². The molecular formula is C20H10Cl3F7O2. The molecule has 0 fully saturated rings. The van der Waals surface area contributed by atoms with Crippen LogP contribution < -0.4 is 0 Å². The molecule has 0 aliphatic heterocycles. The molecule has 0 radical (unpaired) electrons. The number of Topliss-reactive ketones (excluding diaryl/α,β-unsaturated/α-hetero) is 1. The van der Waals surface area contributed by atoms with Gasteiger partial charge < -0.3 is 4.79 Å². The van der Waals surface area contributed by atoms with E-state index in [-0.39, 0.29) is 33.5 Å². The lowest BCUT2D eigenvalue weighted by atomic mass is 9.94. The van der Waals surface area contributed by atoms with Gasteiger partial charge in [0.1, 0.15) is 18.0 Å². The molecule has 0 saturated carbocycles. The average Bonchev–Trinajstić information content (AvgIpc) is 2.67. The third kappa shape index (κ3) is 6.02. The fourth-order valence-electron chi connectivity index (χ4n) is 2.73. The van der Waals surface area contributed by atoms with Gasteiger partial charge in [-0.25, -0.2) is 4.39 Å². The van der Waals surface area contributed by atoms with Gasteiger partial charge in [0, 0.05) is 11.1 Å². The molecule has 0 N–H and O–H groups in total. The lowest BCUT2D eigenvalue weighted by Gasteiger charge is -2.19. The van der Waals surface area contributed by atoms with Gasteiger partial charge in [0.2, 0.25) is 0 Å². The van der Waals surface area contributed by atoms with E-state index in [1.807, 2.05) is 0 Å². The zero-order chi connectivity index (χ0) is 24.4. The summed E-state index contributed by atoms with van der Waals surface area (Å²) in [5, 5.41) is -0.905. The Morgan fingerprint density at radius 3 is 2.00 bits per heavy atom. The number of allylic oxidation sites excluding steroid dienone is 1. The highest BCUT2D eigenvalue weighted by Gasteiger charge is 2.41. The van der Waals surface area contributed by atoms with Crippen molar-refractivity contribution in [2.45, 2.75) is 24.7 Å². The summed E-state index contributed by atoms with van der Waals surface area (Å²) in [7, 11) is 0. The van der Waals surface area contributed by atoms with Gasteiger partial charge in [0.15, 0.2) is 5.78 Å². The summed E-state index contributed by atoms with van der Waals surface area (Å²) < 4.78 is 95.4. The third-order valence-electron chi connectivity index (χ3n) is 4.20. The number of ketones is 1. The summed E-state index contributed by atoms with van der Waals surface area (Å²) in [6, 6.07) is 3.10. The van der Waals surface area contributed by atoms with Gasteiger partial charge in [-0.2, -0.15) is 26.3 Å². The van der Waals surface area contributed by atoms with Gasteiger partial charge in [-0.05, 0) is 29.8 Å². The maximum Gasteiger partial charge on any atom is 0.417 e. The standard InChI is InChI=1S/C20H10Cl3F7O2/c21-14-6-10(7-15(22)18(14)23)12(19(25,26)27)8-16(24)9-1-2-11(17(32)3-4-31)13(5-9)20(28,29)30/h1-2,4-8,12H,3H2/b16-8-. The summed E-state index contributed by atoms with van der Waals surface area (Å²) in [4.78, 5) is 22.2. The Hall–Kier alpha value is -2.10. The van der Waals surface area contributed by atoms with Crippen LogP contribution in [0.15, 0.2) is 36.4 Å². The molecule has 0 spiro atoms. The van der Waals surface area contributed by atoms with Crippen molar-refractivity contribution in [3.05, 3.63) is 73.7 Å². The Morgan fingerprint density at radius 1 is 0.969 bits per heavy atom. The van der Waals surface area contributed by atoms with E-state index < -0.39 is 58.6 Å². The predicted octanol–water partition coefficient (Wildman–Crippen LogP) is 8.09. The minimum atomic E-state index is -5.13. The molecule has 0 amide bonds. The molecule has 2 aromatic rings. The van der Waals surface area contributed by atoms with Crippen LogP contribution in [0.4, 0.5) is 30.7 Å². The number of rotatable bonds is 6. The van der Waals surface area contributed by atoms with Gasteiger partial charge in [-0.3, -0.25) is 4.79 Å². The van der Waals surface area contributed by atoms with Crippen LogP contribution in [0.1, 0.15) is 39.4 Å². The van der Waals surface area contributed by atoms with Gasteiger partial charge >= 0.3 is 12.4 Å². The number of carbonyl (C=O) groups is 2. The van der Waals surface area contributed by atoms with Gasteiger partial charge in [-0.1, -0.05) is 46.9 Å². The Kier molecular flexibility index (Phi) is 8.01. The molecule has 1 atom stereocenters. The average molecular weight is 522 g/mol. The number of benzene rings is 2. The first-order chi connectivity index (χ1) is 14.7. The van der Waals surface area contributed by atoms with Crippen molar-refractivity contribution in [3.8, 4) is 0 Å². The first-order valence-corrected chi connectivity index (χ1v) is 9.57.